The zero-order chi connectivity index (χ0) is 15.0. The van der Waals surface area contributed by atoms with Gasteiger partial charge in [0.25, 0.3) is 0 Å². The Kier molecular flexibility index (Phi) is 3.57. The van der Waals surface area contributed by atoms with Crippen molar-refractivity contribution in [2.45, 2.75) is 32.1 Å². The van der Waals surface area contributed by atoms with E-state index < -0.39 is 0 Å². The van der Waals surface area contributed by atoms with Gasteiger partial charge in [-0.25, -0.2) is 0 Å². The van der Waals surface area contributed by atoms with Crippen LogP contribution in [0.25, 0.3) is 0 Å². The van der Waals surface area contributed by atoms with Gasteiger partial charge in [-0.3, -0.25) is 4.79 Å². The highest BCUT2D eigenvalue weighted by atomic mass is 35.5. The van der Waals surface area contributed by atoms with Crippen molar-refractivity contribution in [1.29, 1.82) is 5.26 Å². The Morgan fingerprint density at radius 1 is 1.29 bits per heavy atom. The fourth-order valence-corrected chi connectivity index (χ4v) is 3.25. The smallest absolute Gasteiger partial charge is 0.161 e. The van der Waals surface area contributed by atoms with Crippen molar-refractivity contribution < 1.29 is 4.79 Å². The number of allylic oxidation sites excluding steroid dienone is 4. The first-order valence-corrected chi connectivity index (χ1v) is 7.39. The second kappa shape index (κ2) is 5.38. The van der Waals surface area contributed by atoms with Crippen LogP contribution in [0.2, 0.25) is 5.02 Å². The summed E-state index contributed by atoms with van der Waals surface area (Å²) < 4.78 is 0. The zero-order valence-corrected chi connectivity index (χ0v) is 12.5. The normalized spacial score (nSPS) is 21.8. The van der Waals surface area contributed by atoms with Gasteiger partial charge < -0.3 is 5.32 Å². The molecule has 1 aliphatic heterocycles. The minimum absolute atomic E-state index is 0.143. The van der Waals surface area contributed by atoms with E-state index in [1.807, 2.05) is 19.1 Å². The highest BCUT2D eigenvalue weighted by molar-refractivity contribution is 6.30. The van der Waals surface area contributed by atoms with Crippen molar-refractivity contribution in [2.75, 3.05) is 0 Å². The number of hydrogen-bond acceptors (Lipinski definition) is 3. The van der Waals surface area contributed by atoms with Crippen LogP contribution >= 0.6 is 11.6 Å². The number of halogens is 1. The number of benzene rings is 1. The third-order valence-corrected chi connectivity index (χ3v) is 4.35. The fraction of sp³-hybridized carbons (Fsp3) is 0.294. The molecule has 21 heavy (non-hydrogen) atoms. The summed E-state index contributed by atoms with van der Waals surface area (Å²) in [5, 5.41) is 13.4. The summed E-state index contributed by atoms with van der Waals surface area (Å²) in [6.45, 7) is 1.89. The molecule has 0 saturated heterocycles. The Hall–Kier alpha value is -2.05. The maximum Gasteiger partial charge on any atom is 0.161 e. The van der Waals surface area contributed by atoms with Crippen molar-refractivity contribution in [2.24, 2.45) is 0 Å². The van der Waals surface area contributed by atoms with Crippen LogP contribution in [0.4, 0.5) is 0 Å². The Labute approximate surface area is 128 Å². The second-order valence-electron chi connectivity index (χ2n) is 5.43. The number of rotatable bonds is 1. The van der Waals surface area contributed by atoms with Gasteiger partial charge in [-0.2, -0.15) is 5.26 Å². The van der Waals surface area contributed by atoms with Gasteiger partial charge in [0, 0.05) is 28.4 Å². The summed E-state index contributed by atoms with van der Waals surface area (Å²) in [7, 11) is 0. The summed E-state index contributed by atoms with van der Waals surface area (Å²) in [6, 6.07) is 9.67. The van der Waals surface area contributed by atoms with E-state index in [0.29, 0.717) is 17.0 Å². The van der Waals surface area contributed by atoms with Crippen LogP contribution in [0.5, 0.6) is 0 Å². The molecule has 4 heteroatoms. The molecule has 1 heterocycles. The lowest BCUT2D eigenvalue weighted by Crippen LogP contribution is -2.31. The van der Waals surface area contributed by atoms with E-state index in [2.05, 4.69) is 11.4 Å². The molecule has 3 rings (SSSR count). The summed E-state index contributed by atoms with van der Waals surface area (Å²) >= 11 is 5.95. The number of carbonyl (C=O) groups is 1. The lowest BCUT2D eigenvalue weighted by atomic mass is 9.76. The van der Waals surface area contributed by atoms with E-state index in [0.717, 1.165) is 35.4 Å². The van der Waals surface area contributed by atoms with Crippen LogP contribution in [-0.2, 0) is 4.79 Å². The summed E-state index contributed by atoms with van der Waals surface area (Å²) in [6.07, 6.45) is 2.29. The van der Waals surface area contributed by atoms with Gasteiger partial charge in [-0.05, 0) is 37.5 Å². The predicted octanol–water partition coefficient (Wildman–Crippen LogP) is 3.83. The molecule has 0 amide bonds. The van der Waals surface area contributed by atoms with Crippen molar-refractivity contribution in [3.8, 4) is 6.07 Å². The van der Waals surface area contributed by atoms with Crippen LogP contribution in [0.3, 0.4) is 0 Å². The van der Waals surface area contributed by atoms with E-state index in [1.165, 1.54) is 0 Å². The van der Waals surface area contributed by atoms with Gasteiger partial charge >= 0.3 is 0 Å². The molecule has 2 aliphatic rings. The number of nitrogens with one attached hydrogen (secondary N) is 1. The predicted molar refractivity (Wildman–Crippen MR) is 81.5 cm³/mol. The SMILES string of the molecule is CC1=C(C#N)[C@@H](c2ccc(Cl)cc2)C2=C(CCCC2=O)N1. The third-order valence-electron chi connectivity index (χ3n) is 4.10. The number of Topliss-reactive ketones (excluding diaryl/α,β-unsaturated/α-hetero) is 1. The van der Waals surface area contributed by atoms with Gasteiger partial charge in [0.05, 0.1) is 17.6 Å². The minimum atomic E-state index is -0.267. The standard InChI is InChI=1S/C17H15ClN2O/c1-10-13(9-19)16(11-5-7-12(18)8-6-11)17-14(20-10)3-2-4-15(17)21/h5-8,16,20H,2-4H2,1H3/t16-/m1/s1. The molecule has 0 spiro atoms. The molecular formula is C17H15ClN2O. The molecule has 1 N–H and O–H groups in total. The van der Waals surface area contributed by atoms with E-state index in [1.54, 1.807) is 12.1 Å². The van der Waals surface area contributed by atoms with E-state index in [9.17, 15) is 10.1 Å². The molecular weight excluding hydrogens is 284 g/mol. The molecule has 1 atom stereocenters. The highest BCUT2D eigenvalue weighted by Crippen LogP contribution is 2.41. The van der Waals surface area contributed by atoms with Gasteiger partial charge in [0.15, 0.2) is 5.78 Å². The summed E-state index contributed by atoms with van der Waals surface area (Å²) in [4.78, 5) is 12.4. The number of hydrogen-bond donors (Lipinski definition) is 1. The van der Waals surface area contributed by atoms with Crippen LogP contribution < -0.4 is 5.32 Å². The summed E-state index contributed by atoms with van der Waals surface area (Å²) in [5.41, 5.74) is 4.13. The first-order chi connectivity index (χ1) is 10.1. The largest absolute Gasteiger partial charge is 0.361 e. The number of carbonyl (C=O) groups excluding carboxylic acids is 1. The molecule has 3 nitrogen and oxygen atoms in total. The molecule has 0 radical (unpaired) electrons. The fourth-order valence-electron chi connectivity index (χ4n) is 3.12. The Balaban J connectivity index is 2.17. The monoisotopic (exact) mass is 298 g/mol. The van der Waals surface area contributed by atoms with Gasteiger partial charge in [-0.1, -0.05) is 23.7 Å². The first kappa shape index (κ1) is 13.9. The van der Waals surface area contributed by atoms with Crippen molar-refractivity contribution in [3.05, 3.63) is 57.4 Å². The minimum Gasteiger partial charge on any atom is -0.361 e. The average Bonchev–Trinajstić information content (AvgIpc) is 2.47. The quantitative estimate of drug-likeness (QED) is 0.857. The van der Waals surface area contributed by atoms with E-state index in [4.69, 9.17) is 11.6 Å². The maximum atomic E-state index is 12.4. The van der Waals surface area contributed by atoms with Crippen LogP contribution in [0, 0.1) is 11.3 Å². The summed E-state index contributed by atoms with van der Waals surface area (Å²) in [5.74, 6) is -0.125. The Morgan fingerprint density at radius 3 is 2.67 bits per heavy atom. The van der Waals surface area contributed by atoms with Crippen molar-refractivity contribution in [3.63, 3.8) is 0 Å². The molecule has 0 saturated carbocycles. The molecule has 0 aromatic heterocycles. The van der Waals surface area contributed by atoms with Crippen LogP contribution in [0.1, 0.15) is 37.7 Å². The number of nitrogens with zero attached hydrogens (tertiary/aromatic N) is 1. The molecule has 0 fully saturated rings. The highest BCUT2D eigenvalue weighted by Gasteiger charge is 2.35. The molecule has 1 aromatic carbocycles. The second-order valence-corrected chi connectivity index (χ2v) is 5.87. The molecule has 1 aliphatic carbocycles. The van der Waals surface area contributed by atoms with Crippen LogP contribution in [0.15, 0.2) is 46.8 Å². The third kappa shape index (κ3) is 2.36. The Morgan fingerprint density at radius 2 is 2.00 bits per heavy atom. The molecule has 0 bridgehead atoms. The van der Waals surface area contributed by atoms with Crippen molar-refractivity contribution in [1.82, 2.24) is 5.32 Å². The molecule has 0 unspecified atom stereocenters. The number of nitriles is 1. The molecule has 106 valence electrons. The Bertz CT molecular complexity index is 707. The van der Waals surface area contributed by atoms with Gasteiger partial charge in [0.1, 0.15) is 0 Å². The van der Waals surface area contributed by atoms with E-state index >= 15 is 0 Å². The molecule has 1 aromatic rings. The number of dihydropyridines is 1. The van der Waals surface area contributed by atoms with Crippen LogP contribution in [-0.4, -0.2) is 5.78 Å². The van der Waals surface area contributed by atoms with Gasteiger partial charge in [-0.15, -0.1) is 0 Å². The number of ketones is 1. The first-order valence-electron chi connectivity index (χ1n) is 7.01. The maximum absolute atomic E-state index is 12.4. The average molecular weight is 299 g/mol. The lowest BCUT2D eigenvalue weighted by molar-refractivity contribution is -0.116. The van der Waals surface area contributed by atoms with Crippen molar-refractivity contribution >= 4 is 17.4 Å². The van der Waals surface area contributed by atoms with Gasteiger partial charge in [0.2, 0.25) is 0 Å². The van der Waals surface area contributed by atoms with E-state index in [-0.39, 0.29) is 11.7 Å². The lowest BCUT2D eigenvalue weighted by Gasteiger charge is -2.32. The topological polar surface area (TPSA) is 52.9 Å². The zero-order valence-electron chi connectivity index (χ0n) is 11.7.